The monoisotopic (exact) mass is 199 g/mol. The SMILES string of the molecule is O=C(O[N+](=O)[O-])c1cccc(S)c1. The van der Waals surface area contributed by atoms with Crippen LogP contribution in [0.1, 0.15) is 10.4 Å². The van der Waals surface area contributed by atoms with Crippen LogP contribution in [0.25, 0.3) is 0 Å². The van der Waals surface area contributed by atoms with Crippen molar-refractivity contribution in [1.82, 2.24) is 0 Å². The summed E-state index contributed by atoms with van der Waals surface area (Å²) in [6, 6.07) is 5.99. The third-order valence-corrected chi connectivity index (χ3v) is 1.52. The molecule has 1 aromatic rings. The average molecular weight is 199 g/mol. The van der Waals surface area contributed by atoms with Gasteiger partial charge >= 0.3 is 11.1 Å². The van der Waals surface area contributed by atoms with Gasteiger partial charge in [-0.1, -0.05) is 6.07 Å². The molecule has 1 aromatic carbocycles. The van der Waals surface area contributed by atoms with Gasteiger partial charge in [0.05, 0.1) is 0 Å². The number of rotatable bonds is 2. The second-order valence-electron chi connectivity index (χ2n) is 2.15. The zero-order valence-electron chi connectivity index (χ0n) is 6.34. The van der Waals surface area contributed by atoms with Crippen LogP contribution in [0.3, 0.4) is 0 Å². The molecule has 0 aromatic heterocycles. The average Bonchev–Trinajstić information content (AvgIpc) is 2.03. The third kappa shape index (κ3) is 2.75. The van der Waals surface area contributed by atoms with Crippen LogP contribution in [0, 0.1) is 10.1 Å². The van der Waals surface area contributed by atoms with Gasteiger partial charge in [0.25, 0.3) is 0 Å². The molecule has 13 heavy (non-hydrogen) atoms. The fraction of sp³-hybridized carbons (Fsp3) is 0. The molecule has 0 heterocycles. The van der Waals surface area contributed by atoms with E-state index in [0.717, 1.165) is 0 Å². The van der Waals surface area contributed by atoms with Crippen molar-refractivity contribution in [3.63, 3.8) is 0 Å². The minimum Gasteiger partial charge on any atom is -0.263 e. The van der Waals surface area contributed by atoms with Crippen LogP contribution in [-0.4, -0.2) is 11.1 Å². The molecule has 0 radical (unpaired) electrons. The molecule has 5 nitrogen and oxygen atoms in total. The lowest BCUT2D eigenvalue weighted by Crippen LogP contribution is -2.10. The van der Waals surface area contributed by atoms with Crippen molar-refractivity contribution in [1.29, 1.82) is 0 Å². The van der Waals surface area contributed by atoms with Crippen molar-refractivity contribution < 1.29 is 14.7 Å². The van der Waals surface area contributed by atoms with Crippen LogP contribution in [-0.2, 0) is 4.84 Å². The summed E-state index contributed by atoms with van der Waals surface area (Å²) < 4.78 is 0. The molecule has 0 saturated heterocycles. The fourth-order valence-corrected chi connectivity index (χ4v) is 0.978. The van der Waals surface area contributed by atoms with Crippen LogP contribution in [0.4, 0.5) is 0 Å². The van der Waals surface area contributed by atoms with E-state index in [9.17, 15) is 14.9 Å². The van der Waals surface area contributed by atoms with Crippen LogP contribution < -0.4 is 0 Å². The smallest absolute Gasteiger partial charge is 0.263 e. The van der Waals surface area contributed by atoms with Gasteiger partial charge in [0.2, 0.25) is 0 Å². The molecule has 0 aliphatic heterocycles. The second kappa shape index (κ2) is 3.90. The Labute approximate surface area is 78.8 Å². The first kappa shape index (κ1) is 9.53. The number of hydrogen-bond donors (Lipinski definition) is 1. The van der Waals surface area contributed by atoms with Gasteiger partial charge in [-0.2, -0.15) is 0 Å². The molecular weight excluding hydrogens is 194 g/mol. The lowest BCUT2D eigenvalue weighted by atomic mass is 10.2. The number of carbonyl (C=O) groups is 1. The number of benzene rings is 1. The van der Waals surface area contributed by atoms with Gasteiger partial charge < -0.3 is 0 Å². The summed E-state index contributed by atoms with van der Waals surface area (Å²) in [7, 11) is 0. The van der Waals surface area contributed by atoms with Crippen molar-refractivity contribution in [3.8, 4) is 0 Å². The summed E-state index contributed by atoms with van der Waals surface area (Å²) in [4.78, 5) is 25.0. The predicted octanol–water partition coefficient (Wildman–Crippen LogP) is 1.32. The Morgan fingerprint density at radius 1 is 1.54 bits per heavy atom. The topological polar surface area (TPSA) is 69.4 Å². The maximum Gasteiger partial charge on any atom is 0.334 e. The molecule has 0 aliphatic rings. The molecule has 0 saturated carbocycles. The van der Waals surface area contributed by atoms with Crippen molar-refractivity contribution in [2.75, 3.05) is 0 Å². The van der Waals surface area contributed by atoms with Gasteiger partial charge in [-0.05, 0) is 18.2 Å². The highest BCUT2D eigenvalue weighted by Crippen LogP contribution is 2.09. The van der Waals surface area contributed by atoms with E-state index in [0.29, 0.717) is 4.90 Å². The van der Waals surface area contributed by atoms with Gasteiger partial charge in [-0.3, -0.25) is 4.79 Å². The summed E-state index contributed by atoms with van der Waals surface area (Å²) >= 11 is 3.96. The minimum absolute atomic E-state index is 0.101. The first-order valence-electron chi connectivity index (χ1n) is 3.25. The zero-order valence-corrected chi connectivity index (χ0v) is 7.23. The normalized spacial score (nSPS) is 9.31. The molecule has 0 N–H and O–H groups in total. The predicted molar refractivity (Wildman–Crippen MR) is 46.1 cm³/mol. The molecule has 0 spiro atoms. The molecule has 68 valence electrons. The summed E-state index contributed by atoms with van der Waals surface area (Å²) in [5.41, 5.74) is 0.101. The van der Waals surface area contributed by atoms with Gasteiger partial charge in [0.15, 0.2) is 0 Å². The minimum atomic E-state index is -1.15. The van der Waals surface area contributed by atoms with Crippen molar-refractivity contribution >= 4 is 18.6 Å². The van der Waals surface area contributed by atoms with E-state index in [4.69, 9.17) is 0 Å². The Morgan fingerprint density at radius 2 is 2.23 bits per heavy atom. The van der Waals surface area contributed by atoms with Gasteiger partial charge in [0.1, 0.15) is 0 Å². The fourth-order valence-electron chi connectivity index (χ4n) is 0.753. The zero-order chi connectivity index (χ0) is 9.84. The molecule has 0 amide bonds. The van der Waals surface area contributed by atoms with Crippen molar-refractivity contribution in [2.45, 2.75) is 4.90 Å². The van der Waals surface area contributed by atoms with Crippen LogP contribution >= 0.6 is 12.6 Å². The van der Waals surface area contributed by atoms with Crippen molar-refractivity contribution in [2.24, 2.45) is 0 Å². The second-order valence-corrected chi connectivity index (χ2v) is 2.67. The Balaban J connectivity index is 2.83. The number of thiol groups is 1. The van der Waals surface area contributed by atoms with Crippen LogP contribution in [0.5, 0.6) is 0 Å². The van der Waals surface area contributed by atoms with Gasteiger partial charge in [-0.25, -0.2) is 4.84 Å². The number of carbonyl (C=O) groups excluding carboxylic acids is 1. The molecule has 0 aliphatic carbocycles. The maximum absolute atomic E-state index is 10.9. The molecule has 1 rings (SSSR count). The van der Waals surface area contributed by atoms with Crippen molar-refractivity contribution in [3.05, 3.63) is 39.9 Å². The Bertz CT molecular complexity index is 352. The lowest BCUT2D eigenvalue weighted by Gasteiger charge is -1.97. The Hall–Kier alpha value is -1.56. The number of nitrogens with zero attached hydrogens (tertiary/aromatic N) is 1. The molecular formula is C7H5NO4S. The van der Waals surface area contributed by atoms with E-state index in [1.54, 1.807) is 12.1 Å². The molecule has 0 unspecified atom stereocenters. The Morgan fingerprint density at radius 3 is 2.77 bits per heavy atom. The highest BCUT2D eigenvalue weighted by Gasteiger charge is 2.09. The Kier molecular flexibility index (Phi) is 2.86. The number of hydrogen-bond acceptors (Lipinski definition) is 5. The first-order valence-corrected chi connectivity index (χ1v) is 3.70. The van der Waals surface area contributed by atoms with Crippen LogP contribution in [0.2, 0.25) is 0 Å². The summed E-state index contributed by atoms with van der Waals surface area (Å²) in [6.07, 6.45) is 0. The van der Waals surface area contributed by atoms with E-state index in [-0.39, 0.29) is 5.56 Å². The maximum atomic E-state index is 10.9. The summed E-state index contributed by atoms with van der Waals surface area (Å²) in [5, 5.41) is 8.67. The highest BCUT2D eigenvalue weighted by atomic mass is 32.1. The largest absolute Gasteiger partial charge is 0.334 e. The molecule has 6 heteroatoms. The van der Waals surface area contributed by atoms with E-state index in [1.807, 2.05) is 0 Å². The van der Waals surface area contributed by atoms with Gasteiger partial charge in [-0.15, -0.1) is 22.7 Å². The van der Waals surface area contributed by atoms with Gasteiger partial charge in [0, 0.05) is 10.5 Å². The highest BCUT2D eigenvalue weighted by molar-refractivity contribution is 7.80. The van der Waals surface area contributed by atoms with E-state index < -0.39 is 11.1 Å². The quantitative estimate of drug-likeness (QED) is 0.443. The van der Waals surface area contributed by atoms with E-state index in [1.165, 1.54) is 12.1 Å². The summed E-state index contributed by atoms with van der Waals surface area (Å²) in [6.45, 7) is 0. The summed E-state index contributed by atoms with van der Waals surface area (Å²) in [5.74, 6) is -0.999. The third-order valence-electron chi connectivity index (χ3n) is 1.24. The van der Waals surface area contributed by atoms with Crippen LogP contribution in [0.15, 0.2) is 29.2 Å². The molecule has 0 bridgehead atoms. The lowest BCUT2D eigenvalue weighted by molar-refractivity contribution is -0.727. The van der Waals surface area contributed by atoms with E-state index in [2.05, 4.69) is 17.5 Å². The van der Waals surface area contributed by atoms with E-state index >= 15 is 0 Å². The first-order chi connectivity index (χ1) is 6.09. The molecule has 0 atom stereocenters. The standard InChI is InChI=1S/C7H5NO4S/c9-7(12-8(10)11)5-2-1-3-6(13)4-5/h1-4,13H. The molecule has 0 fully saturated rings.